The number of aryl methyl sites for hydroxylation is 1. The maximum absolute atomic E-state index is 11.9. The first-order valence-corrected chi connectivity index (χ1v) is 8.13. The molecule has 0 aliphatic carbocycles. The Balaban J connectivity index is 2.04. The average molecular weight is 324 g/mol. The lowest BCUT2D eigenvalue weighted by molar-refractivity contribution is -0.127. The zero-order chi connectivity index (χ0) is 17.0. The number of ether oxygens (including phenoxy) is 1. The van der Waals surface area contributed by atoms with Crippen molar-refractivity contribution < 1.29 is 14.6 Å². The van der Waals surface area contributed by atoms with E-state index in [-0.39, 0.29) is 24.5 Å². The fourth-order valence-corrected chi connectivity index (χ4v) is 3.00. The summed E-state index contributed by atoms with van der Waals surface area (Å²) in [5.74, 6) is -0.167. The minimum atomic E-state index is -1.00. The van der Waals surface area contributed by atoms with Gasteiger partial charge in [-0.3, -0.25) is 14.4 Å². The minimum absolute atomic E-state index is 0.0740. The summed E-state index contributed by atoms with van der Waals surface area (Å²) in [6, 6.07) is 0.0740. The van der Waals surface area contributed by atoms with E-state index in [1.807, 2.05) is 19.4 Å². The molecule has 0 unspecified atom stereocenters. The van der Waals surface area contributed by atoms with Crippen LogP contribution in [-0.4, -0.2) is 63.6 Å². The molecule has 1 amide bonds. The van der Waals surface area contributed by atoms with Crippen LogP contribution in [0.3, 0.4) is 0 Å². The molecule has 0 bridgehead atoms. The highest BCUT2D eigenvalue weighted by molar-refractivity contribution is 5.76. The monoisotopic (exact) mass is 324 g/mol. The number of nitrogens with one attached hydrogen (secondary N) is 1. The lowest BCUT2D eigenvalue weighted by atomic mass is 10.0. The number of hydrogen-bond acceptors (Lipinski definition) is 5. The van der Waals surface area contributed by atoms with Gasteiger partial charge in [0.15, 0.2) is 0 Å². The van der Waals surface area contributed by atoms with E-state index in [1.165, 1.54) is 0 Å². The molecule has 130 valence electrons. The quantitative estimate of drug-likeness (QED) is 0.795. The average Bonchev–Trinajstić information content (AvgIpc) is 2.89. The molecular formula is C16H28N4O3. The van der Waals surface area contributed by atoms with E-state index in [0.717, 1.165) is 18.7 Å². The predicted octanol–water partition coefficient (Wildman–Crippen LogP) is 0.459. The topological polar surface area (TPSA) is 79.6 Å². The summed E-state index contributed by atoms with van der Waals surface area (Å²) in [7, 11) is 1.89. The number of likely N-dealkylation sites (N-methyl/N-ethyl adjacent to an activating group) is 1. The van der Waals surface area contributed by atoms with Crippen molar-refractivity contribution in [3.63, 3.8) is 0 Å². The van der Waals surface area contributed by atoms with E-state index in [0.29, 0.717) is 13.2 Å². The molecule has 1 fully saturated rings. The van der Waals surface area contributed by atoms with Crippen LogP contribution >= 0.6 is 0 Å². The number of aromatic nitrogens is 2. The third kappa shape index (κ3) is 5.02. The van der Waals surface area contributed by atoms with Gasteiger partial charge in [-0.1, -0.05) is 6.92 Å². The molecule has 2 rings (SSSR count). The second-order valence-corrected chi connectivity index (χ2v) is 6.72. The molecule has 0 aromatic carbocycles. The van der Waals surface area contributed by atoms with Crippen molar-refractivity contribution in [3.05, 3.63) is 18.0 Å². The molecule has 7 heteroatoms. The lowest BCUT2D eigenvalue weighted by Crippen LogP contribution is -2.50. The van der Waals surface area contributed by atoms with Crippen molar-refractivity contribution in [2.45, 2.75) is 44.9 Å². The summed E-state index contributed by atoms with van der Waals surface area (Å²) >= 11 is 0. The highest BCUT2D eigenvalue weighted by Crippen LogP contribution is 2.28. The van der Waals surface area contributed by atoms with Gasteiger partial charge in [0.1, 0.15) is 0 Å². The molecule has 23 heavy (non-hydrogen) atoms. The van der Waals surface area contributed by atoms with Gasteiger partial charge in [-0.05, 0) is 20.4 Å². The first kappa shape index (κ1) is 17.9. The first-order chi connectivity index (χ1) is 10.8. The molecule has 1 aromatic rings. The van der Waals surface area contributed by atoms with Crippen LogP contribution in [0, 0.1) is 0 Å². The molecule has 0 saturated carbocycles. The molecule has 2 N–H and O–H groups in total. The standard InChI is InChI=1S/C16H28N4O3/c1-5-20-6-7-23-13(10-17-14(21)8-16(2,3)22)15(20)12-9-18-19(4)11-12/h9,11,13,15,22H,5-8,10H2,1-4H3,(H,17,21)/t13-,15-/m0/s1. The fraction of sp³-hybridized carbons (Fsp3) is 0.750. The Hall–Kier alpha value is -1.44. The number of nitrogens with zero attached hydrogens (tertiary/aromatic N) is 3. The Morgan fingerprint density at radius 3 is 2.87 bits per heavy atom. The minimum Gasteiger partial charge on any atom is -0.390 e. The largest absolute Gasteiger partial charge is 0.390 e. The van der Waals surface area contributed by atoms with Crippen molar-refractivity contribution in [1.82, 2.24) is 20.0 Å². The summed E-state index contributed by atoms with van der Waals surface area (Å²) in [4.78, 5) is 14.3. The van der Waals surface area contributed by atoms with Gasteiger partial charge in [0.25, 0.3) is 0 Å². The molecule has 1 aromatic heterocycles. The van der Waals surface area contributed by atoms with Crippen molar-refractivity contribution in [2.75, 3.05) is 26.2 Å². The van der Waals surface area contributed by atoms with Crippen LogP contribution in [-0.2, 0) is 16.6 Å². The Kier molecular flexibility index (Phi) is 5.78. The van der Waals surface area contributed by atoms with E-state index < -0.39 is 5.60 Å². The molecular weight excluding hydrogens is 296 g/mol. The number of aliphatic hydroxyl groups is 1. The van der Waals surface area contributed by atoms with Crippen LogP contribution in [0.25, 0.3) is 0 Å². The Bertz CT molecular complexity index is 524. The summed E-state index contributed by atoms with van der Waals surface area (Å²) in [5.41, 5.74) is 0.0891. The van der Waals surface area contributed by atoms with E-state index in [2.05, 4.69) is 22.2 Å². The number of carbonyl (C=O) groups excluding carboxylic acids is 1. The maximum Gasteiger partial charge on any atom is 0.222 e. The number of amides is 1. The second-order valence-electron chi connectivity index (χ2n) is 6.72. The fourth-order valence-electron chi connectivity index (χ4n) is 3.00. The Labute approximate surface area is 137 Å². The lowest BCUT2D eigenvalue weighted by Gasteiger charge is -2.40. The van der Waals surface area contributed by atoms with Gasteiger partial charge in [-0.2, -0.15) is 5.10 Å². The van der Waals surface area contributed by atoms with E-state index in [9.17, 15) is 9.90 Å². The first-order valence-electron chi connectivity index (χ1n) is 8.13. The summed E-state index contributed by atoms with van der Waals surface area (Å²) in [6.45, 7) is 8.23. The van der Waals surface area contributed by atoms with Crippen molar-refractivity contribution >= 4 is 5.91 Å². The summed E-state index contributed by atoms with van der Waals surface area (Å²) in [6.07, 6.45) is 3.80. The van der Waals surface area contributed by atoms with Crippen LogP contribution in [0.15, 0.2) is 12.4 Å². The zero-order valence-electron chi connectivity index (χ0n) is 14.5. The van der Waals surface area contributed by atoms with Crippen molar-refractivity contribution in [2.24, 2.45) is 7.05 Å². The van der Waals surface area contributed by atoms with Gasteiger partial charge in [-0.25, -0.2) is 0 Å². The molecule has 2 heterocycles. The van der Waals surface area contributed by atoms with Crippen LogP contribution in [0.2, 0.25) is 0 Å². The number of hydrogen-bond donors (Lipinski definition) is 2. The SMILES string of the molecule is CCN1CCO[C@@H](CNC(=O)CC(C)(C)O)[C@@H]1c1cnn(C)c1. The van der Waals surface area contributed by atoms with Crippen LogP contribution in [0.1, 0.15) is 38.8 Å². The van der Waals surface area contributed by atoms with E-state index >= 15 is 0 Å². The predicted molar refractivity (Wildman–Crippen MR) is 86.9 cm³/mol. The smallest absolute Gasteiger partial charge is 0.222 e. The van der Waals surface area contributed by atoms with E-state index in [4.69, 9.17) is 4.74 Å². The molecule has 1 saturated heterocycles. The van der Waals surface area contributed by atoms with E-state index in [1.54, 1.807) is 18.5 Å². The Morgan fingerprint density at radius 1 is 1.57 bits per heavy atom. The van der Waals surface area contributed by atoms with Crippen molar-refractivity contribution in [1.29, 1.82) is 0 Å². The third-order valence-corrected chi connectivity index (χ3v) is 4.02. The summed E-state index contributed by atoms with van der Waals surface area (Å²) < 4.78 is 7.69. The van der Waals surface area contributed by atoms with Gasteiger partial charge >= 0.3 is 0 Å². The highest BCUT2D eigenvalue weighted by Gasteiger charge is 2.34. The summed E-state index contributed by atoms with van der Waals surface area (Å²) in [5, 5.41) is 16.9. The molecule has 0 spiro atoms. The molecule has 1 aliphatic heterocycles. The number of rotatable bonds is 6. The van der Waals surface area contributed by atoms with Crippen LogP contribution < -0.4 is 5.32 Å². The van der Waals surface area contributed by atoms with Gasteiger partial charge in [-0.15, -0.1) is 0 Å². The maximum atomic E-state index is 11.9. The van der Waals surface area contributed by atoms with Gasteiger partial charge in [0.05, 0.1) is 37.0 Å². The van der Waals surface area contributed by atoms with Gasteiger partial charge < -0.3 is 15.2 Å². The molecule has 7 nitrogen and oxygen atoms in total. The number of carbonyl (C=O) groups is 1. The normalized spacial score (nSPS) is 23.0. The highest BCUT2D eigenvalue weighted by atomic mass is 16.5. The van der Waals surface area contributed by atoms with Crippen LogP contribution in [0.5, 0.6) is 0 Å². The zero-order valence-corrected chi connectivity index (χ0v) is 14.5. The van der Waals surface area contributed by atoms with Crippen molar-refractivity contribution in [3.8, 4) is 0 Å². The Morgan fingerprint density at radius 2 is 2.30 bits per heavy atom. The second kappa shape index (κ2) is 7.42. The van der Waals surface area contributed by atoms with Gasteiger partial charge in [0.2, 0.25) is 5.91 Å². The van der Waals surface area contributed by atoms with Crippen LogP contribution in [0.4, 0.5) is 0 Å². The van der Waals surface area contributed by atoms with Gasteiger partial charge in [0, 0.05) is 31.9 Å². The molecule has 1 aliphatic rings. The molecule has 0 radical (unpaired) electrons. The number of morpholine rings is 1. The molecule has 2 atom stereocenters. The third-order valence-electron chi connectivity index (χ3n) is 4.02.